The van der Waals surface area contributed by atoms with Gasteiger partial charge in [-0.1, -0.05) is 6.08 Å². The predicted octanol–water partition coefficient (Wildman–Crippen LogP) is 2.49. The smallest absolute Gasteiger partial charge is 0.160 e. The molecule has 4 heteroatoms. The van der Waals surface area contributed by atoms with Gasteiger partial charge in [0.1, 0.15) is 0 Å². The Balaban J connectivity index is 2.57. The van der Waals surface area contributed by atoms with E-state index < -0.39 is 11.6 Å². The molecule has 70 valence electrons. The zero-order valence-electron chi connectivity index (χ0n) is 6.89. The third-order valence-corrected chi connectivity index (χ3v) is 1.31. The summed E-state index contributed by atoms with van der Waals surface area (Å²) < 4.78 is 25.0. The van der Waals surface area contributed by atoms with Gasteiger partial charge >= 0.3 is 0 Å². The Morgan fingerprint density at radius 1 is 1.38 bits per heavy atom. The molecule has 0 saturated heterocycles. The highest BCUT2D eigenvalue weighted by Gasteiger charge is 2.01. The predicted molar refractivity (Wildman–Crippen MR) is 46.1 cm³/mol. The second-order valence-corrected chi connectivity index (χ2v) is 2.33. The van der Waals surface area contributed by atoms with Crippen molar-refractivity contribution in [3.05, 3.63) is 42.5 Å². The molecule has 0 aliphatic carbocycles. The van der Waals surface area contributed by atoms with E-state index >= 15 is 0 Å². The van der Waals surface area contributed by atoms with Crippen molar-refractivity contribution in [1.29, 1.82) is 0 Å². The lowest BCUT2D eigenvalue weighted by molar-refractivity contribution is 0.228. The fraction of sp³-hybridized carbons (Fsp3) is 0.111. The first-order valence-corrected chi connectivity index (χ1v) is 3.68. The molecule has 13 heavy (non-hydrogen) atoms. The fourth-order valence-corrected chi connectivity index (χ4v) is 0.744. The number of anilines is 1. The van der Waals surface area contributed by atoms with Crippen LogP contribution in [-0.2, 0) is 4.84 Å². The Kier molecular flexibility index (Phi) is 3.40. The van der Waals surface area contributed by atoms with Crippen molar-refractivity contribution in [3.63, 3.8) is 0 Å². The summed E-state index contributed by atoms with van der Waals surface area (Å²) in [5.41, 5.74) is 2.80. The van der Waals surface area contributed by atoms with E-state index in [1.54, 1.807) is 0 Å². The van der Waals surface area contributed by atoms with Crippen molar-refractivity contribution >= 4 is 5.69 Å². The average molecular weight is 185 g/mol. The molecule has 1 aromatic carbocycles. The molecule has 0 unspecified atom stereocenters. The van der Waals surface area contributed by atoms with Crippen LogP contribution in [0.4, 0.5) is 14.5 Å². The number of nitrogens with one attached hydrogen (secondary N) is 1. The molecule has 0 atom stereocenters. The minimum absolute atomic E-state index is 0.291. The van der Waals surface area contributed by atoms with E-state index in [4.69, 9.17) is 4.84 Å². The summed E-state index contributed by atoms with van der Waals surface area (Å²) in [5, 5.41) is 0. The topological polar surface area (TPSA) is 21.3 Å². The normalized spacial score (nSPS) is 9.69. The molecule has 0 aromatic heterocycles. The van der Waals surface area contributed by atoms with Crippen LogP contribution in [-0.4, -0.2) is 6.61 Å². The lowest BCUT2D eigenvalue weighted by atomic mass is 10.3. The SMILES string of the molecule is C=CCONc1ccc(F)c(F)c1. The molecule has 0 heterocycles. The maximum Gasteiger partial charge on any atom is 0.160 e. The highest BCUT2D eigenvalue weighted by Crippen LogP contribution is 2.12. The summed E-state index contributed by atoms with van der Waals surface area (Å²) in [5.74, 6) is -1.79. The van der Waals surface area contributed by atoms with E-state index in [2.05, 4.69) is 12.1 Å². The summed E-state index contributed by atoms with van der Waals surface area (Å²) in [6, 6.07) is 3.41. The van der Waals surface area contributed by atoms with Gasteiger partial charge in [-0.15, -0.1) is 6.58 Å². The third kappa shape index (κ3) is 2.83. The van der Waals surface area contributed by atoms with E-state index in [9.17, 15) is 8.78 Å². The molecule has 1 N–H and O–H groups in total. The number of hydrogen-bond donors (Lipinski definition) is 1. The lowest BCUT2D eigenvalue weighted by Crippen LogP contribution is -2.01. The average Bonchev–Trinajstić information content (AvgIpc) is 2.12. The van der Waals surface area contributed by atoms with Crippen LogP contribution in [0, 0.1) is 11.6 Å². The molecule has 2 nitrogen and oxygen atoms in total. The number of benzene rings is 1. The number of halogens is 2. The van der Waals surface area contributed by atoms with Gasteiger partial charge in [0.2, 0.25) is 0 Å². The monoisotopic (exact) mass is 185 g/mol. The molecule has 0 amide bonds. The van der Waals surface area contributed by atoms with Crippen LogP contribution >= 0.6 is 0 Å². The van der Waals surface area contributed by atoms with Crippen LogP contribution in [0.1, 0.15) is 0 Å². The first kappa shape index (κ1) is 9.67. The fourth-order valence-electron chi connectivity index (χ4n) is 0.744. The highest BCUT2D eigenvalue weighted by molar-refractivity contribution is 5.41. The Morgan fingerprint density at radius 2 is 2.15 bits per heavy atom. The van der Waals surface area contributed by atoms with Gasteiger partial charge in [0, 0.05) is 6.07 Å². The number of hydrogen-bond acceptors (Lipinski definition) is 2. The molecule has 0 aliphatic heterocycles. The Morgan fingerprint density at radius 3 is 2.77 bits per heavy atom. The van der Waals surface area contributed by atoms with Crippen molar-refractivity contribution in [3.8, 4) is 0 Å². The Hall–Kier alpha value is -1.42. The van der Waals surface area contributed by atoms with Crippen LogP contribution in [0.5, 0.6) is 0 Å². The maximum atomic E-state index is 12.6. The van der Waals surface area contributed by atoms with E-state index in [1.807, 2.05) is 0 Å². The second-order valence-electron chi connectivity index (χ2n) is 2.33. The van der Waals surface area contributed by atoms with Crippen LogP contribution in [0.2, 0.25) is 0 Å². The van der Waals surface area contributed by atoms with Crippen molar-refractivity contribution in [2.45, 2.75) is 0 Å². The lowest BCUT2D eigenvalue weighted by Gasteiger charge is -2.04. The molecule has 0 spiro atoms. The van der Waals surface area contributed by atoms with E-state index in [-0.39, 0.29) is 0 Å². The van der Waals surface area contributed by atoms with Crippen molar-refractivity contribution in [1.82, 2.24) is 0 Å². The molecule has 1 aromatic rings. The van der Waals surface area contributed by atoms with Gasteiger partial charge < -0.3 is 0 Å². The van der Waals surface area contributed by atoms with E-state index in [1.165, 1.54) is 12.1 Å². The van der Waals surface area contributed by atoms with Gasteiger partial charge in [-0.25, -0.2) is 8.78 Å². The summed E-state index contributed by atoms with van der Waals surface area (Å²) in [7, 11) is 0. The minimum Gasteiger partial charge on any atom is -0.272 e. The largest absolute Gasteiger partial charge is 0.272 e. The molecular formula is C9H9F2NO. The molecule has 0 aliphatic rings. The summed E-state index contributed by atoms with van der Waals surface area (Å²) in [4.78, 5) is 4.81. The van der Waals surface area contributed by atoms with Crippen LogP contribution in [0.15, 0.2) is 30.9 Å². The summed E-state index contributed by atoms with van der Waals surface area (Å²) >= 11 is 0. The molecular weight excluding hydrogens is 176 g/mol. The zero-order chi connectivity index (χ0) is 9.68. The zero-order valence-corrected chi connectivity index (χ0v) is 6.89. The summed E-state index contributed by atoms with van der Waals surface area (Å²) in [6.07, 6.45) is 1.53. The first-order chi connectivity index (χ1) is 6.24. The number of rotatable bonds is 4. The molecule has 1 rings (SSSR count). The standard InChI is InChI=1S/C9H9F2NO/c1-2-5-13-12-7-3-4-8(10)9(11)6-7/h2-4,6,12H,1,5H2. The first-order valence-electron chi connectivity index (χ1n) is 3.68. The molecule has 0 bridgehead atoms. The van der Waals surface area contributed by atoms with Crippen molar-refractivity contribution in [2.24, 2.45) is 0 Å². The molecule has 0 radical (unpaired) electrons. The van der Waals surface area contributed by atoms with Crippen LogP contribution < -0.4 is 5.48 Å². The van der Waals surface area contributed by atoms with Crippen LogP contribution in [0.3, 0.4) is 0 Å². The molecule has 0 fully saturated rings. The quantitative estimate of drug-likeness (QED) is 0.442. The van der Waals surface area contributed by atoms with Gasteiger partial charge in [0.15, 0.2) is 11.6 Å². The van der Waals surface area contributed by atoms with E-state index in [0.717, 1.165) is 12.1 Å². The molecule has 0 saturated carbocycles. The Bertz CT molecular complexity index is 302. The third-order valence-electron chi connectivity index (χ3n) is 1.31. The minimum atomic E-state index is -0.910. The maximum absolute atomic E-state index is 12.6. The van der Waals surface area contributed by atoms with Gasteiger partial charge in [-0.2, -0.15) is 0 Å². The van der Waals surface area contributed by atoms with Crippen LogP contribution in [0.25, 0.3) is 0 Å². The highest BCUT2D eigenvalue weighted by atomic mass is 19.2. The second kappa shape index (κ2) is 4.57. The van der Waals surface area contributed by atoms with Gasteiger partial charge in [0.25, 0.3) is 0 Å². The Labute approximate surface area is 74.8 Å². The van der Waals surface area contributed by atoms with Gasteiger partial charge in [-0.3, -0.25) is 10.3 Å². The summed E-state index contributed by atoms with van der Waals surface area (Å²) in [6.45, 7) is 3.72. The van der Waals surface area contributed by atoms with Gasteiger partial charge in [-0.05, 0) is 12.1 Å². The van der Waals surface area contributed by atoms with Crippen molar-refractivity contribution < 1.29 is 13.6 Å². The van der Waals surface area contributed by atoms with Gasteiger partial charge in [0.05, 0.1) is 12.3 Å². The van der Waals surface area contributed by atoms with Crippen molar-refractivity contribution in [2.75, 3.05) is 12.1 Å². The van der Waals surface area contributed by atoms with E-state index in [0.29, 0.717) is 12.3 Å².